The number of aryl methyl sites for hydroxylation is 1. The van der Waals surface area contributed by atoms with Gasteiger partial charge < -0.3 is 14.8 Å². The maximum atomic E-state index is 12.0. The van der Waals surface area contributed by atoms with Crippen LogP contribution in [0.15, 0.2) is 18.5 Å². The molecule has 23 heavy (non-hydrogen) atoms. The topological polar surface area (TPSA) is 103 Å². The number of esters is 1. The summed E-state index contributed by atoms with van der Waals surface area (Å²) in [7, 11) is 1.53. The Labute approximate surface area is 136 Å². The number of ether oxygens (including phenoxy) is 2. The summed E-state index contributed by atoms with van der Waals surface area (Å²) >= 11 is 1.13. The van der Waals surface area contributed by atoms with Gasteiger partial charge in [0.2, 0.25) is 0 Å². The fraction of sp³-hybridized carbons (Fsp3) is 0.357. The first kappa shape index (κ1) is 17.0. The molecule has 9 heteroatoms. The number of hydrogen-bond donors (Lipinski definition) is 1. The minimum atomic E-state index is -0.593. The summed E-state index contributed by atoms with van der Waals surface area (Å²) < 4.78 is 9.80. The third kappa shape index (κ3) is 4.80. The first-order chi connectivity index (χ1) is 11.1. The molecule has 8 nitrogen and oxygen atoms in total. The zero-order chi connectivity index (χ0) is 16.7. The fourth-order valence-electron chi connectivity index (χ4n) is 1.63. The van der Waals surface area contributed by atoms with E-state index in [1.54, 1.807) is 25.4 Å². The van der Waals surface area contributed by atoms with Crippen molar-refractivity contribution in [1.82, 2.24) is 20.3 Å². The van der Waals surface area contributed by atoms with Crippen molar-refractivity contribution in [3.05, 3.63) is 29.0 Å². The van der Waals surface area contributed by atoms with Crippen LogP contribution in [0.4, 0.5) is 0 Å². The maximum absolute atomic E-state index is 12.0. The molecular formula is C14H16N4O4S. The molecule has 2 rings (SSSR count). The minimum Gasteiger partial charge on any atom is -0.451 e. The smallest absolute Gasteiger partial charge is 0.350 e. The summed E-state index contributed by atoms with van der Waals surface area (Å²) in [6.45, 7) is 2.10. The number of amides is 1. The van der Waals surface area contributed by atoms with Crippen LogP contribution in [0, 0.1) is 6.92 Å². The average molecular weight is 336 g/mol. The van der Waals surface area contributed by atoms with E-state index in [1.807, 2.05) is 0 Å². The van der Waals surface area contributed by atoms with Gasteiger partial charge in [0, 0.05) is 26.0 Å². The molecule has 0 atom stereocenters. The number of aromatic nitrogens is 3. The summed E-state index contributed by atoms with van der Waals surface area (Å²) in [6, 6.07) is 1.70. The van der Waals surface area contributed by atoms with Gasteiger partial charge in [-0.25, -0.2) is 19.7 Å². The standard InChI is InChI=1S/C14H16N4O4S/c1-9-11(14(20)22-8-10(19)15-6-7-21-2)23-13(18-9)12-16-4-3-5-17-12/h3-5H,6-8H2,1-2H3,(H,15,19). The third-order valence-corrected chi connectivity index (χ3v) is 3.84. The average Bonchev–Trinajstić information content (AvgIpc) is 2.96. The van der Waals surface area contributed by atoms with Crippen LogP contribution in [-0.2, 0) is 14.3 Å². The number of rotatable bonds is 7. The summed E-state index contributed by atoms with van der Waals surface area (Å²) in [5.74, 6) is -0.537. The zero-order valence-electron chi connectivity index (χ0n) is 12.7. The molecule has 1 N–H and O–H groups in total. The molecule has 0 spiro atoms. The van der Waals surface area contributed by atoms with E-state index in [9.17, 15) is 9.59 Å². The molecule has 0 aliphatic rings. The highest BCUT2D eigenvalue weighted by Crippen LogP contribution is 2.25. The van der Waals surface area contributed by atoms with E-state index in [1.165, 1.54) is 7.11 Å². The second-order valence-corrected chi connectivity index (χ2v) is 5.42. The van der Waals surface area contributed by atoms with Crippen LogP contribution in [0.3, 0.4) is 0 Å². The van der Waals surface area contributed by atoms with Crippen molar-refractivity contribution in [1.29, 1.82) is 0 Å². The molecule has 0 aliphatic carbocycles. The number of carbonyl (C=O) groups is 2. The fourth-order valence-corrected chi connectivity index (χ4v) is 2.54. The molecule has 0 radical (unpaired) electrons. The predicted octanol–water partition coefficient (Wildman–Crippen LogP) is 0.828. The summed E-state index contributed by atoms with van der Waals surface area (Å²) in [6.07, 6.45) is 3.20. The highest BCUT2D eigenvalue weighted by atomic mass is 32.1. The lowest BCUT2D eigenvalue weighted by molar-refractivity contribution is -0.124. The second kappa shape index (κ2) is 8.30. The molecular weight excluding hydrogens is 320 g/mol. The van der Waals surface area contributed by atoms with E-state index in [2.05, 4.69) is 20.3 Å². The predicted molar refractivity (Wildman–Crippen MR) is 83.0 cm³/mol. The van der Waals surface area contributed by atoms with E-state index in [0.29, 0.717) is 34.6 Å². The van der Waals surface area contributed by atoms with Crippen LogP contribution in [0.25, 0.3) is 10.8 Å². The number of methoxy groups -OCH3 is 1. The number of thiazole rings is 1. The molecule has 2 aromatic heterocycles. The zero-order valence-corrected chi connectivity index (χ0v) is 13.6. The molecule has 0 bridgehead atoms. The lowest BCUT2D eigenvalue weighted by atomic mass is 10.4. The molecule has 1 amide bonds. The largest absolute Gasteiger partial charge is 0.451 e. The van der Waals surface area contributed by atoms with Gasteiger partial charge in [-0.3, -0.25) is 4.79 Å². The number of nitrogens with zero attached hydrogens (tertiary/aromatic N) is 3. The van der Waals surface area contributed by atoms with Gasteiger partial charge in [0.05, 0.1) is 12.3 Å². The molecule has 0 unspecified atom stereocenters. The Bertz CT molecular complexity index is 675. The van der Waals surface area contributed by atoms with Crippen molar-refractivity contribution in [3.8, 4) is 10.8 Å². The summed E-state index contributed by atoms with van der Waals surface area (Å²) in [5, 5.41) is 3.09. The van der Waals surface area contributed by atoms with Gasteiger partial charge in [-0.15, -0.1) is 11.3 Å². The molecule has 2 heterocycles. The lowest BCUT2D eigenvalue weighted by Crippen LogP contribution is -2.31. The number of hydrogen-bond acceptors (Lipinski definition) is 8. The van der Waals surface area contributed by atoms with Crippen LogP contribution in [0.1, 0.15) is 15.4 Å². The van der Waals surface area contributed by atoms with Gasteiger partial charge in [-0.2, -0.15) is 0 Å². The van der Waals surface area contributed by atoms with E-state index >= 15 is 0 Å². The highest BCUT2D eigenvalue weighted by molar-refractivity contribution is 7.16. The monoisotopic (exact) mass is 336 g/mol. The Kier molecular flexibility index (Phi) is 6.12. The van der Waals surface area contributed by atoms with Crippen LogP contribution in [0.2, 0.25) is 0 Å². The Balaban J connectivity index is 1.95. The molecule has 0 saturated carbocycles. The van der Waals surface area contributed by atoms with Crippen molar-refractivity contribution in [2.75, 3.05) is 26.9 Å². The highest BCUT2D eigenvalue weighted by Gasteiger charge is 2.19. The van der Waals surface area contributed by atoms with Crippen LogP contribution in [-0.4, -0.2) is 53.7 Å². The molecule has 0 aromatic carbocycles. The number of carbonyl (C=O) groups excluding carboxylic acids is 2. The Morgan fingerprint density at radius 3 is 2.74 bits per heavy atom. The van der Waals surface area contributed by atoms with Crippen molar-refractivity contribution in [2.24, 2.45) is 0 Å². The van der Waals surface area contributed by atoms with Crippen molar-refractivity contribution in [3.63, 3.8) is 0 Å². The molecule has 2 aromatic rings. The van der Waals surface area contributed by atoms with Crippen molar-refractivity contribution >= 4 is 23.2 Å². The Morgan fingerprint density at radius 2 is 2.04 bits per heavy atom. The van der Waals surface area contributed by atoms with Gasteiger partial charge in [0.1, 0.15) is 4.88 Å². The normalized spacial score (nSPS) is 10.3. The van der Waals surface area contributed by atoms with Gasteiger partial charge >= 0.3 is 5.97 Å². The van der Waals surface area contributed by atoms with Crippen molar-refractivity contribution < 1.29 is 19.1 Å². The Morgan fingerprint density at radius 1 is 1.30 bits per heavy atom. The summed E-state index contributed by atoms with van der Waals surface area (Å²) in [4.78, 5) is 36.3. The van der Waals surface area contributed by atoms with E-state index in [0.717, 1.165) is 11.3 Å². The van der Waals surface area contributed by atoms with Gasteiger partial charge in [0.15, 0.2) is 17.4 Å². The molecule has 0 saturated heterocycles. The first-order valence-corrected chi connectivity index (χ1v) is 7.61. The summed E-state index contributed by atoms with van der Waals surface area (Å²) in [5.41, 5.74) is 0.516. The molecule has 0 aliphatic heterocycles. The van der Waals surface area contributed by atoms with Crippen molar-refractivity contribution in [2.45, 2.75) is 6.92 Å². The molecule has 0 fully saturated rings. The first-order valence-electron chi connectivity index (χ1n) is 6.79. The molecule has 122 valence electrons. The Hall–Kier alpha value is -2.39. The quantitative estimate of drug-likeness (QED) is 0.590. The van der Waals surface area contributed by atoms with Crippen LogP contribution in [0.5, 0.6) is 0 Å². The van der Waals surface area contributed by atoms with Gasteiger partial charge in [-0.1, -0.05) is 0 Å². The third-order valence-electron chi connectivity index (χ3n) is 2.70. The van der Waals surface area contributed by atoms with E-state index in [-0.39, 0.29) is 12.5 Å². The lowest BCUT2D eigenvalue weighted by Gasteiger charge is -2.05. The maximum Gasteiger partial charge on any atom is 0.350 e. The van der Waals surface area contributed by atoms with Crippen LogP contribution < -0.4 is 5.32 Å². The SMILES string of the molecule is COCCNC(=O)COC(=O)c1sc(-c2ncccn2)nc1C. The van der Waals surface area contributed by atoms with E-state index < -0.39 is 5.97 Å². The van der Waals surface area contributed by atoms with E-state index in [4.69, 9.17) is 9.47 Å². The van der Waals surface area contributed by atoms with Gasteiger partial charge in [-0.05, 0) is 13.0 Å². The van der Waals surface area contributed by atoms with Crippen LogP contribution >= 0.6 is 11.3 Å². The minimum absolute atomic E-state index is 0.331. The second-order valence-electron chi connectivity index (χ2n) is 4.42. The number of nitrogens with one attached hydrogen (secondary N) is 1. The van der Waals surface area contributed by atoms with Gasteiger partial charge in [0.25, 0.3) is 5.91 Å².